The highest BCUT2D eigenvalue weighted by atomic mass is 79.9. The van der Waals surface area contributed by atoms with Crippen LogP contribution < -0.4 is 0 Å². The molecular weight excluding hydrogens is 276 g/mol. The number of nitrogens with zero attached hydrogens (tertiary/aromatic N) is 1. The van der Waals surface area contributed by atoms with E-state index in [1.54, 1.807) is 18.3 Å². The Morgan fingerprint density at radius 2 is 1.88 bits per heavy atom. The first-order chi connectivity index (χ1) is 7.74. The van der Waals surface area contributed by atoms with E-state index in [1.165, 1.54) is 6.20 Å². The molecule has 2 aromatic rings. The largest absolute Gasteiger partial charge is 0.264 e. The first-order valence-corrected chi connectivity index (χ1v) is 5.79. The van der Waals surface area contributed by atoms with Crippen LogP contribution in [-0.4, -0.2) is 4.98 Å². The van der Waals surface area contributed by atoms with E-state index in [0.29, 0.717) is 11.1 Å². The van der Waals surface area contributed by atoms with Crippen LogP contribution in [-0.2, 0) is 5.33 Å². The molecule has 1 nitrogen and oxygen atoms in total. The van der Waals surface area contributed by atoms with Crippen molar-refractivity contribution in [3.63, 3.8) is 0 Å². The van der Waals surface area contributed by atoms with Crippen LogP contribution in [0.1, 0.15) is 5.56 Å². The molecule has 1 aromatic carbocycles. The van der Waals surface area contributed by atoms with Crippen molar-refractivity contribution < 1.29 is 8.78 Å². The number of rotatable bonds is 2. The monoisotopic (exact) mass is 283 g/mol. The number of alkyl halides is 1. The molecule has 1 heterocycles. The first kappa shape index (κ1) is 11.2. The van der Waals surface area contributed by atoms with Crippen LogP contribution in [0, 0.1) is 11.6 Å². The molecule has 82 valence electrons. The lowest BCUT2D eigenvalue weighted by Crippen LogP contribution is -1.95. The van der Waals surface area contributed by atoms with Crippen molar-refractivity contribution in [2.75, 3.05) is 0 Å². The molecule has 0 saturated heterocycles. The molecule has 0 spiro atoms. The van der Waals surface area contributed by atoms with Gasteiger partial charge in [-0.15, -0.1) is 0 Å². The Kier molecular flexibility index (Phi) is 3.29. The van der Waals surface area contributed by atoms with Gasteiger partial charge in [-0.1, -0.05) is 22.0 Å². The minimum Gasteiger partial charge on any atom is -0.264 e. The van der Waals surface area contributed by atoms with Crippen molar-refractivity contribution in [2.45, 2.75) is 5.33 Å². The maximum atomic E-state index is 13.7. The third-order valence-electron chi connectivity index (χ3n) is 2.29. The quantitative estimate of drug-likeness (QED) is 0.762. The van der Waals surface area contributed by atoms with Crippen molar-refractivity contribution >= 4 is 15.9 Å². The smallest absolute Gasteiger partial charge is 0.131 e. The fourth-order valence-corrected chi connectivity index (χ4v) is 2.10. The number of benzene rings is 1. The van der Waals surface area contributed by atoms with Crippen molar-refractivity contribution in [1.82, 2.24) is 4.98 Å². The zero-order valence-electron chi connectivity index (χ0n) is 8.25. The molecule has 0 amide bonds. The molecule has 16 heavy (non-hydrogen) atoms. The van der Waals surface area contributed by atoms with Gasteiger partial charge in [0.2, 0.25) is 0 Å². The predicted molar refractivity (Wildman–Crippen MR) is 62.2 cm³/mol. The van der Waals surface area contributed by atoms with Gasteiger partial charge in [-0.2, -0.15) is 0 Å². The average molecular weight is 284 g/mol. The summed E-state index contributed by atoms with van der Waals surface area (Å²) >= 11 is 3.16. The second kappa shape index (κ2) is 4.70. The van der Waals surface area contributed by atoms with Crippen LogP contribution in [0.15, 0.2) is 36.7 Å². The molecule has 2 rings (SSSR count). The SMILES string of the molecule is Fc1ccc(F)c(-c2cccnc2)c1CBr. The fourth-order valence-electron chi connectivity index (χ4n) is 1.55. The van der Waals surface area contributed by atoms with Crippen LogP contribution in [0.25, 0.3) is 11.1 Å². The summed E-state index contributed by atoms with van der Waals surface area (Å²) in [5, 5.41) is 0.265. The molecule has 4 heteroatoms. The number of hydrogen-bond donors (Lipinski definition) is 0. The standard InChI is InChI=1S/C12H8BrF2N/c13-6-9-10(14)3-4-11(15)12(9)8-2-1-5-16-7-8/h1-5,7H,6H2. The molecule has 0 aliphatic rings. The summed E-state index contributed by atoms with van der Waals surface area (Å²) in [6.45, 7) is 0. The summed E-state index contributed by atoms with van der Waals surface area (Å²) in [5.74, 6) is -0.860. The predicted octanol–water partition coefficient (Wildman–Crippen LogP) is 3.92. The van der Waals surface area contributed by atoms with E-state index in [2.05, 4.69) is 20.9 Å². The van der Waals surface area contributed by atoms with Crippen LogP contribution in [0.2, 0.25) is 0 Å². The Bertz CT molecular complexity index is 500. The van der Waals surface area contributed by atoms with E-state index in [-0.39, 0.29) is 10.9 Å². The number of hydrogen-bond acceptors (Lipinski definition) is 1. The normalized spacial score (nSPS) is 10.4. The topological polar surface area (TPSA) is 12.9 Å². The van der Waals surface area contributed by atoms with Gasteiger partial charge >= 0.3 is 0 Å². The molecule has 0 saturated carbocycles. The molecule has 0 aliphatic carbocycles. The van der Waals surface area contributed by atoms with Gasteiger partial charge in [0, 0.05) is 34.4 Å². The molecule has 0 unspecified atom stereocenters. The minimum atomic E-state index is -0.441. The highest BCUT2D eigenvalue weighted by Gasteiger charge is 2.14. The van der Waals surface area contributed by atoms with Crippen LogP contribution in [0.4, 0.5) is 8.78 Å². The van der Waals surface area contributed by atoms with Gasteiger partial charge in [-0.05, 0) is 18.2 Å². The summed E-state index contributed by atoms with van der Waals surface area (Å²) in [4.78, 5) is 3.90. The molecule has 1 aromatic heterocycles. The molecule has 0 bridgehead atoms. The molecular formula is C12H8BrF2N. The molecule has 0 atom stereocenters. The Balaban J connectivity index is 2.68. The minimum absolute atomic E-state index is 0.265. The second-order valence-electron chi connectivity index (χ2n) is 3.26. The summed E-state index contributed by atoms with van der Waals surface area (Å²) in [7, 11) is 0. The Hall–Kier alpha value is -1.29. The van der Waals surface area contributed by atoms with Crippen molar-refractivity contribution in [3.05, 3.63) is 53.9 Å². The lowest BCUT2D eigenvalue weighted by Gasteiger charge is -2.09. The van der Waals surface area contributed by atoms with Crippen molar-refractivity contribution in [3.8, 4) is 11.1 Å². The Labute approximate surface area is 100 Å². The van der Waals surface area contributed by atoms with Gasteiger partial charge in [0.1, 0.15) is 11.6 Å². The van der Waals surface area contributed by atoms with E-state index >= 15 is 0 Å². The molecule has 0 N–H and O–H groups in total. The van der Waals surface area contributed by atoms with Gasteiger partial charge in [-0.3, -0.25) is 4.98 Å². The Morgan fingerprint density at radius 3 is 2.50 bits per heavy atom. The van der Waals surface area contributed by atoms with E-state index in [9.17, 15) is 8.78 Å². The number of halogens is 3. The van der Waals surface area contributed by atoms with Gasteiger partial charge in [0.25, 0.3) is 0 Å². The molecule has 0 aliphatic heterocycles. The van der Waals surface area contributed by atoms with Gasteiger partial charge in [0.05, 0.1) is 0 Å². The lowest BCUT2D eigenvalue weighted by atomic mass is 10.0. The van der Waals surface area contributed by atoms with Gasteiger partial charge < -0.3 is 0 Å². The summed E-state index contributed by atoms with van der Waals surface area (Å²) in [5.41, 5.74) is 1.16. The van der Waals surface area contributed by atoms with E-state index in [4.69, 9.17) is 0 Å². The van der Waals surface area contributed by atoms with Gasteiger partial charge in [0.15, 0.2) is 0 Å². The van der Waals surface area contributed by atoms with Gasteiger partial charge in [-0.25, -0.2) is 8.78 Å². The van der Waals surface area contributed by atoms with Crippen LogP contribution >= 0.6 is 15.9 Å². The maximum Gasteiger partial charge on any atom is 0.131 e. The Morgan fingerprint density at radius 1 is 1.12 bits per heavy atom. The van der Waals surface area contributed by atoms with E-state index < -0.39 is 11.6 Å². The fraction of sp³-hybridized carbons (Fsp3) is 0.0833. The van der Waals surface area contributed by atoms with Crippen LogP contribution in [0.5, 0.6) is 0 Å². The van der Waals surface area contributed by atoms with Crippen LogP contribution in [0.3, 0.4) is 0 Å². The van der Waals surface area contributed by atoms with Crippen molar-refractivity contribution in [2.24, 2.45) is 0 Å². The third-order valence-corrected chi connectivity index (χ3v) is 2.85. The zero-order chi connectivity index (χ0) is 11.5. The highest BCUT2D eigenvalue weighted by Crippen LogP contribution is 2.29. The summed E-state index contributed by atoms with van der Waals surface area (Å²) in [6.07, 6.45) is 3.11. The summed E-state index contributed by atoms with van der Waals surface area (Å²) < 4.78 is 27.2. The number of aromatic nitrogens is 1. The second-order valence-corrected chi connectivity index (χ2v) is 3.82. The first-order valence-electron chi connectivity index (χ1n) is 4.67. The lowest BCUT2D eigenvalue weighted by molar-refractivity contribution is 0.595. The summed E-state index contributed by atoms with van der Waals surface area (Å²) in [6, 6.07) is 5.66. The average Bonchev–Trinajstić information content (AvgIpc) is 2.33. The highest BCUT2D eigenvalue weighted by molar-refractivity contribution is 9.08. The molecule has 0 radical (unpaired) electrons. The maximum absolute atomic E-state index is 13.7. The van der Waals surface area contributed by atoms with E-state index in [0.717, 1.165) is 12.1 Å². The molecule has 0 fully saturated rings. The third kappa shape index (κ3) is 1.97. The van der Waals surface area contributed by atoms with E-state index in [1.807, 2.05) is 0 Å². The zero-order valence-corrected chi connectivity index (χ0v) is 9.84. The van der Waals surface area contributed by atoms with Crippen molar-refractivity contribution in [1.29, 1.82) is 0 Å². The number of pyridine rings is 1.